The third-order valence-corrected chi connectivity index (χ3v) is 3.03. The van der Waals surface area contributed by atoms with E-state index < -0.39 is 0 Å². The van der Waals surface area contributed by atoms with Crippen molar-refractivity contribution in [2.24, 2.45) is 5.92 Å². The Hall–Kier alpha value is -1.07. The van der Waals surface area contributed by atoms with Crippen LogP contribution in [0.5, 0.6) is 0 Å². The number of aliphatic hydroxyl groups is 1. The predicted molar refractivity (Wildman–Crippen MR) is 75.2 cm³/mol. The van der Waals surface area contributed by atoms with Gasteiger partial charge < -0.3 is 15.7 Å². The average molecular weight is 273 g/mol. The van der Waals surface area contributed by atoms with Gasteiger partial charge >= 0.3 is 0 Å². The molecule has 0 spiro atoms. The van der Waals surface area contributed by atoms with Gasteiger partial charge in [-0.2, -0.15) is 4.98 Å². The van der Waals surface area contributed by atoms with E-state index in [1.807, 2.05) is 6.92 Å². The monoisotopic (exact) mass is 272 g/mol. The number of hydrogen-bond acceptors (Lipinski definition) is 5. The van der Waals surface area contributed by atoms with Gasteiger partial charge in [0, 0.05) is 19.7 Å². The molecule has 0 aliphatic rings. The van der Waals surface area contributed by atoms with Gasteiger partial charge in [0.05, 0.1) is 6.20 Å². The molecule has 1 unspecified atom stereocenters. The van der Waals surface area contributed by atoms with E-state index >= 15 is 0 Å². The molecule has 3 N–H and O–H groups in total. The van der Waals surface area contributed by atoms with Crippen LogP contribution in [0.4, 0.5) is 11.8 Å². The molecule has 18 heavy (non-hydrogen) atoms. The summed E-state index contributed by atoms with van der Waals surface area (Å²) < 4.78 is 0. The van der Waals surface area contributed by atoms with Crippen molar-refractivity contribution in [3.8, 4) is 0 Å². The lowest BCUT2D eigenvalue weighted by atomic mass is 10.0. The molecule has 1 aromatic heterocycles. The van der Waals surface area contributed by atoms with Crippen LogP contribution in [0.3, 0.4) is 0 Å². The van der Waals surface area contributed by atoms with Crippen molar-refractivity contribution >= 4 is 23.4 Å². The van der Waals surface area contributed by atoms with Crippen molar-refractivity contribution in [3.63, 3.8) is 0 Å². The van der Waals surface area contributed by atoms with E-state index in [1.54, 1.807) is 6.20 Å². The molecule has 5 nitrogen and oxygen atoms in total. The average Bonchev–Trinajstić information content (AvgIpc) is 2.38. The molecule has 0 saturated carbocycles. The Morgan fingerprint density at radius 3 is 2.78 bits per heavy atom. The van der Waals surface area contributed by atoms with Gasteiger partial charge in [0.2, 0.25) is 5.95 Å². The number of nitrogens with one attached hydrogen (secondary N) is 2. The second-order valence-corrected chi connectivity index (χ2v) is 4.50. The first-order valence-electron chi connectivity index (χ1n) is 6.32. The Labute approximate surface area is 113 Å². The first kappa shape index (κ1) is 15.0. The van der Waals surface area contributed by atoms with Gasteiger partial charge in [0.25, 0.3) is 0 Å². The Morgan fingerprint density at radius 2 is 2.17 bits per heavy atom. The van der Waals surface area contributed by atoms with Crippen molar-refractivity contribution in [1.29, 1.82) is 0 Å². The molecule has 0 amide bonds. The van der Waals surface area contributed by atoms with Gasteiger partial charge in [0.15, 0.2) is 0 Å². The molecule has 1 rings (SSSR count). The molecule has 0 aromatic carbocycles. The summed E-state index contributed by atoms with van der Waals surface area (Å²) in [6, 6.07) is 0. The maximum atomic E-state index is 8.94. The molecule has 0 radical (unpaired) electrons. The van der Waals surface area contributed by atoms with Crippen molar-refractivity contribution < 1.29 is 5.11 Å². The Kier molecular flexibility index (Phi) is 6.75. The fourth-order valence-corrected chi connectivity index (χ4v) is 1.77. The number of aromatic nitrogens is 2. The first-order chi connectivity index (χ1) is 8.71. The summed E-state index contributed by atoms with van der Waals surface area (Å²) in [5.41, 5.74) is 0. The highest BCUT2D eigenvalue weighted by Crippen LogP contribution is 2.20. The summed E-state index contributed by atoms with van der Waals surface area (Å²) >= 11 is 6.04. The lowest BCUT2D eigenvalue weighted by molar-refractivity contribution is 0.258. The van der Waals surface area contributed by atoms with Crippen LogP contribution in [0.25, 0.3) is 0 Å². The molecular formula is C12H21ClN4O. The molecular weight excluding hydrogens is 252 g/mol. The molecule has 102 valence electrons. The Bertz CT molecular complexity index is 362. The van der Waals surface area contributed by atoms with E-state index in [-0.39, 0.29) is 6.61 Å². The fourth-order valence-electron chi connectivity index (χ4n) is 1.61. The molecule has 0 fully saturated rings. The van der Waals surface area contributed by atoms with E-state index in [0.29, 0.717) is 22.7 Å². The fraction of sp³-hybridized carbons (Fsp3) is 0.667. The van der Waals surface area contributed by atoms with Crippen molar-refractivity contribution in [2.45, 2.75) is 26.7 Å². The lowest BCUT2D eigenvalue weighted by Crippen LogP contribution is -2.16. The summed E-state index contributed by atoms with van der Waals surface area (Å²) in [5.74, 6) is 1.63. The number of aliphatic hydroxyl groups excluding tert-OH is 1. The van der Waals surface area contributed by atoms with E-state index in [2.05, 4.69) is 27.5 Å². The van der Waals surface area contributed by atoms with Gasteiger partial charge in [-0.1, -0.05) is 24.9 Å². The van der Waals surface area contributed by atoms with Gasteiger partial charge in [-0.25, -0.2) is 4.98 Å². The third kappa shape index (κ3) is 4.66. The summed E-state index contributed by atoms with van der Waals surface area (Å²) in [6.45, 7) is 5.82. The standard InChI is InChI=1S/C12H21ClN4O/c1-3-9(5-6-18)7-15-11-10(13)8-16-12(17-11)14-4-2/h8-9,18H,3-7H2,1-2H3,(H2,14,15,16,17). The highest BCUT2D eigenvalue weighted by atomic mass is 35.5. The molecule has 1 heterocycles. The summed E-state index contributed by atoms with van der Waals surface area (Å²) in [7, 11) is 0. The largest absolute Gasteiger partial charge is 0.396 e. The molecule has 1 aromatic rings. The lowest BCUT2D eigenvalue weighted by Gasteiger charge is -2.15. The smallest absolute Gasteiger partial charge is 0.224 e. The minimum absolute atomic E-state index is 0.209. The Morgan fingerprint density at radius 1 is 1.39 bits per heavy atom. The maximum absolute atomic E-state index is 8.94. The molecule has 1 atom stereocenters. The van der Waals surface area contributed by atoms with E-state index in [4.69, 9.17) is 16.7 Å². The highest BCUT2D eigenvalue weighted by molar-refractivity contribution is 6.32. The summed E-state index contributed by atoms with van der Waals surface area (Å²) in [6.07, 6.45) is 3.38. The highest BCUT2D eigenvalue weighted by Gasteiger charge is 2.09. The van der Waals surface area contributed by atoms with Crippen molar-refractivity contribution in [3.05, 3.63) is 11.2 Å². The van der Waals surface area contributed by atoms with E-state index in [9.17, 15) is 0 Å². The van der Waals surface area contributed by atoms with Crippen LogP contribution in [-0.2, 0) is 0 Å². The van der Waals surface area contributed by atoms with Crippen LogP contribution in [0.1, 0.15) is 26.7 Å². The van der Waals surface area contributed by atoms with Crippen LogP contribution in [-0.4, -0.2) is 34.8 Å². The Balaban J connectivity index is 2.62. The van der Waals surface area contributed by atoms with Crippen LogP contribution in [0.15, 0.2) is 6.20 Å². The van der Waals surface area contributed by atoms with Crippen LogP contribution in [0, 0.1) is 5.92 Å². The predicted octanol–water partition coefficient (Wildman–Crippen LogP) is 2.38. The SMILES string of the molecule is CCNc1ncc(Cl)c(NCC(CC)CCO)n1. The van der Waals surface area contributed by atoms with E-state index in [0.717, 1.165) is 25.9 Å². The van der Waals surface area contributed by atoms with Crippen LogP contribution in [0.2, 0.25) is 5.02 Å². The number of rotatable bonds is 8. The maximum Gasteiger partial charge on any atom is 0.224 e. The van der Waals surface area contributed by atoms with Crippen molar-refractivity contribution in [2.75, 3.05) is 30.3 Å². The zero-order chi connectivity index (χ0) is 13.4. The third-order valence-electron chi connectivity index (χ3n) is 2.75. The zero-order valence-electron chi connectivity index (χ0n) is 10.9. The number of nitrogens with zero attached hydrogens (tertiary/aromatic N) is 2. The minimum atomic E-state index is 0.209. The number of hydrogen-bond donors (Lipinski definition) is 3. The zero-order valence-corrected chi connectivity index (χ0v) is 11.7. The molecule has 6 heteroatoms. The second kappa shape index (κ2) is 8.11. The molecule has 0 bridgehead atoms. The van der Waals surface area contributed by atoms with Crippen molar-refractivity contribution in [1.82, 2.24) is 9.97 Å². The topological polar surface area (TPSA) is 70.1 Å². The van der Waals surface area contributed by atoms with E-state index in [1.165, 1.54) is 0 Å². The summed E-state index contributed by atoms with van der Waals surface area (Å²) in [5, 5.41) is 15.7. The van der Waals surface area contributed by atoms with Gasteiger partial charge in [0.1, 0.15) is 10.8 Å². The number of anilines is 2. The quantitative estimate of drug-likeness (QED) is 0.678. The van der Waals surface area contributed by atoms with Crippen LogP contribution >= 0.6 is 11.6 Å². The first-order valence-corrected chi connectivity index (χ1v) is 6.70. The van der Waals surface area contributed by atoms with Gasteiger partial charge in [-0.05, 0) is 19.3 Å². The van der Waals surface area contributed by atoms with Gasteiger partial charge in [-0.15, -0.1) is 0 Å². The molecule has 0 saturated heterocycles. The van der Waals surface area contributed by atoms with Gasteiger partial charge in [-0.3, -0.25) is 0 Å². The van der Waals surface area contributed by atoms with Crippen LogP contribution < -0.4 is 10.6 Å². The second-order valence-electron chi connectivity index (χ2n) is 4.09. The molecule has 0 aliphatic carbocycles. The minimum Gasteiger partial charge on any atom is -0.396 e. The summed E-state index contributed by atoms with van der Waals surface area (Å²) in [4.78, 5) is 8.38. The normalized spacial score (nSPS) is 12.2. The number of halogens is 1. The molecule has 0 aliphatic heterocycles.